The van der Waals surface area contributed by atoms with Crippen LogP contribution in [-0.4, -0.2) is 30.4 Å². The van der Waals surface area contributed by atoms with Crippen LogP contribution < -0.4 is 16.4 Å². The van der Waals surface area contributed by atoms with E-state index in [2.05, 4.69) is 10.6 Å². The lowest BCUT2D eigenvalue weighted by atomic mass is 9.81. The molecule has 0 bridgehead atoms. The summed E-state index contributed by atoms with van der Waals surface area (Å²) in [6.45, 7) is 6.53. The molecule has 1 aliphatic carbocycles. The fourth-order valence-electron chi connectivity index (χ4n) is 2.43. The van der Waals surface area contributed by atoms with Gasteiger partial charge < -0.3 is 16.4 Å². The van der Waals surface area contributed by atoms with Gasteiger partial charge in [0.15, 0.2) is 0 Å². The summed E-state index contributed by atoms with van der Waals surface area (Å²) in [6, 6.07) is 0. The Morgan fingerprint density at radius 3 is 2.21 bits per heavy atom. The van der Waals surface area contributed by atoms with Gasteiger partial charge in [-0.15, -0.1) is 0 Å². The minimum atomic E-state index is -0.263. The van der Waals surface area contributed by atoms with Gasteiger partial charge >= 0.3 is 0 Å². The third-order valence-electron chi connectivity index (χ3n) is 3.49. The number of hydrogen-bond donors (Lipinski definition) is 3. The summed E-state index contributed by atoms with van der Waals surface area (Å²) < 4.78 is 0. The van der Waals surface area contributed by atoms with Crippen LogP contribution in [0.2, 0.25) is 0 Å². The fourth-order valence-corrected chi connectivity index (χ4v) is 2.43. The zero-order valence-electron chi connectivity index (χ0n) is 12.3. The summed E-state index contributed by atoms with van der Waals surface area (Å²) in [5, 5.41) is 5.55. The monoisotopic (exact) mass is 269 g/mol. The topological polar surface area (TPSA) is 84.2 Å². The molecule has 0 unspecified atom stereocenters. The molecule has 1 rings (SSSR count). The highest BCUT2D eigenvalue weighted by atomic mass is 16.2. The second-order valence-electron chi connectivity index (χ2n) is 6.47. The number of nitrogens with two attached hydrogens (primary N) is 1. The van der Waals surface area contributed by atoms with E-state index < -0.39 is 0 Å². The van der Waals surface area contributed by atoms with Crippen LogP contribution in [0, 0.1) is 11.8 Å². The number of hydrogen-bond acceptors (Lipinski definition) is 3. The third kappa shape index (κ3) is 6.05. The molecule has 0 aromatic heterocycles. The summed E-state index contributed by atoms with van der Waals surface area (Å²) in [4.78, 5) is 23.5. The highest BCUT2D eigenvalue weighted by Gasteiger charge is 2.25. The van der Waals surface area contributed by atoms with Crippen molar-refractivity contribution in [3.63, 3.8) is 0 Å². The van der Waals surface area contributed by atoms with Gasteiger partial charge in [-0.2, -0.15) is 0 Å². The quantitative estimate of drug-likeness (QED) is 0.705. The Labute approximate surface area is 115 Å². The first-order chi connectivity index (χ1) is 8.81. The molecule has 4 N–H and O–H groups in total. The molecule has 5 nitrogen and oxygen atoms in total. The van der Waals surface area contributed by atoms with Crippen LogP contribution in [-0.2, 0) is 9.59 Å². The Bertz CT molecular complexity index is 315. The van der Waals surface area contributed by atoms with Crippen molar-refractivity contribution in [3.05, 3.63) is 0 Å². The Morgan fingerprint density at radius 1 is 1.16 bits per heavy atom. The molecule has 1 saturated carbocycles. The standard InChI is InChI=1S/C14H27N3O2/c1-14(2,3)17-12(18)9-16-13(19)11-6-4-10(8-15)5-7-11/h10-11H,4-9,15H2,1-3H3,(H,16,19)(H,17,18). The van der Waals surface area contributed by atoms with Gasteiger partial charge in [-0.1, -0.05) is 0 Å². The van der Waals surface area contributed by atoms with Gasteiger partial charge in [0, 0.05) is 11.5 Å². The van der Waals surface area contributed by atoms with Gasteiger partial charge in [-0.25, -0.2) is 0 Å². The van der Waals surface area contributed by atoms with Crippen molar-refractivity contribution in [1.82, 2.24) is 10.6 Å². The van der Waals surface area contributed by atoms with Crippen molar-refractivity contribution >= 4 is 11.8 Å². The Morgan fingerprint density at radius 2 is 1.74 bits per heavy atom. The molecule has 110 valence electrons. The molecule has 0 saturated heterocycles. The number of nitrogens with one attached hydrogen (secondary N) is 2. The molecule has 0 aromatic rings. The van der Waals surface area contributed by atoms with Gasteiger partial charge in [0.2, 0.25) is 11.8 Å². The van der Waals surface area contributed by atoms with Crippen LogP contribution in [0.15, 0.2) is 0 Å². The first-order valence-corrected chi connectivity index (χ1v) is 7.10. The second-order valence-corrected chi connectivity index (χ2v) is 6.47. The summed E-state index contributed by atoms with van der Waals surface area (Å²) in [5.41, 5.74) is 5.37. The second kappa shape index (κ2) is 6.89. The van der Waals surface area contributed by atoms with Crippen molar-refractivity contribution in [2.24, 2.45) is 17.6 Å². The minimum Gasteiger partial charge on any atom is -0.350 e. The van der Waals surface area contributed by atoms with E-state index in [9.17, 15) is 9.59 Å². The maximum Gasteiger partial charge on any atom is 0.239 e. The summed E-state index contributed by atoms with van der Waals surface area (Å²) in [5.74, 6) is 0.467. The molecule has 0 aliphatic heterocycles. The number of carbonyl (C=O) groups excluding carboxylic acids is 2. The normalized spacial score (nSPS) is 23.8. The van der Waals surface area contributed by atoms with Gasteiger partial charge in [0.05, 0.1) is 6.54 Å². The molecular weight excluding hydrogens is 242 g/mol. The number of amides is 2. The SMILES string of the molecule is CC(C)(C)NC(=O)CNC(=O)C1CCC(CN)CC1. The molecule has 0 heterocycles. The maximum atomic E-state index is 11.9. The lowest BCUT2D eigenvalue weighted by Gasteiger charge is -2.27. The van der Waals surface area contributed by atoms with Gasteiger partial charge in [-0.3, -0.25) is 9.59 Å². The molecule has 1 fully saturated rings. The van der Waals surface area contributed by atoms with Crippen molar-refractivity contribution in [3.8, 4) is 0 Å². The minimum absolute atomic E-state index is 0.000435. The average molecular weight is 269 g/mol. The van der Waals surface area contributed by atoms with Crippen molar-refractivity contribution in [1.29, 1.82) is 0 Å². The van der Waals surface area contributed by atoms with E-state index in [1.54, 1.807) is 0 Å². The van der Waals surface area contributed by atoms with Gasteiger partial charge in [-0.05, 0) is 58.9 Å². The van der Waals surface area contributed by atoms with E-state index in [-0.39, 0.29) is 29.8 Å². The third-order valence-corrected chi connectivity index (χ3v) is 3.49. The van der Waals surface area contributed by atoms with Gasteiger partial charge in [0.1, 0.15) is 0 Å². The van der Waals surface area contributed by atoms with Crippen LogP contribution >= 0.6 is 0 Å². The average Bonchev–Trinajstić information content (AvgIpc) is 2.34. The maximum absolute atomic E-state index is 11.9. The largest absolute Gasteiger partial charge is 0.350 e. The molecule has 2 amide bonds. The predicted molar refractivity (Wildman–Crippen MR) is 75.4 cm³/mol. The number of carbonyl (C=O) groups is 2. The van der Waals surface area contributed by atoms with Crippen LogP contribution in [0.4, 0.5) is 0 Å². The lowest BCUT2D eigenvalue weighted by molar-refractivity contribution is -0.129. The summed E-state index contributed by atoms with van der Waals surface area (Å²) in [7, 11) is 0. The molecule has 0 radical (unpaired) electrons. The van der Waals surface area contributed by atoms with E-state index in [0.29, 0.717) is 12.5 Å². The zero-order valence-corrected chi connectivity index (χ0v) is 12.3. The smallest absolute Gasteiger partial charge is 0.239 e. The van der Waals surface area contributed by atoms with Crippen LogP contribution in [0.25, 0.3) is 0 Å². The summed E-state index contributed by atoms with van der Waals surface area (Å²) in [6.07, 6.45) is 3.80. The van der Waals surface area contributed by atoms with Crippen molar-refractivity contribution < 1.29 is 9.59 Å². The molecule has 5 heteroatoms. The van der Waals surface area contributed by atoms with E-state index in [1.165, 1.54) is 0 Å². The van der Waals surface area contributed by atoms with Crippen molar-refractivity contribution in [2.75, 3.05) is 13.1 Å². The van der Waals surface area contributed by atoms with E-state index in [1.807, 2.05) is 20.8 Å². The molecule has 19 heavy (non-hydrogen) atoms. The fraction of sp³-hybridized carbons (Fsp3) is 0.857. The molecule has 0 aromatic carbocycles. The molecular formula is C14H27N3O2. The first-order valence-electron chi connectivity index (χ1n) is 7.10. The van der Waals surface area contributed by atoms with E-state index in [4.69, 9.17) is 5.73 Å². The Hall–Kier alpha value is -1.10. The summed E-state index contributed by atoms with van der Waals surface area (Å²) >= 11 is 0. The Balaban J connectivity index is 2.27. The Kier molecular flexibility index (Phi) is 5.79. The molecule has 1 aliphatic rings. The van der Waals surface area contributed by atoms with E-state index >= 15 is 0 Å². The predicted octanol–water partition coefficient (Wildman–Crippen LogP) is 0.782. The van der Waals surface area contributed by atoms with Crippen LogP contribution in [0.5, 0.6) is 0 Å². The van der Waals surface area contributed by atoms with E-state index in [0.717, 1.165) is 25.7 Å². The molecule has 0 atom stereocenters. The highest BCUT2D eigenvalue weighted by molar-refractivity contribution is 5.86. The van der Waals surface area contributed by atoms with Crippen LogP contribution in [0.3, 0.4) is 0 Å². The van der Waals surface area contributed by atoms with Gasteiger partial charge in [0.25, 0.3) is 0 Å². The lowest BCUT2D eigenvalue weighted by Crippen LogP contribution is -2.47. The first kappa shape index (κ1) is 16.0. The number of rotatable bonds is 4. The highest BCUT2D eigenvalue weighted by Crippen LogP contribution is 2.27. The molecule has 0 spiro atoms. The zero-order chi connectivity index (χ0) is 14.5. The van der Waals surface area contributed by atoms with Crippen molar-refractivity contribution in [2.45, 2.75) is 52.0 Å². The van der Waals surface area contributed by atoms with Crippen LogP contribution in [0.1, 0.15) is 46.5 Å².